The number of nitrogens with zero attached hydrogens (tertiary/aromatic N) is 6. The van der Waals surface area contributed by atoms with Crippen molar-refractivity contribution < 1.29 is 0 Å². The van der Waals surface area contributed by atoms with Crippen LogP contribution in [-0.2, 0) is 0 Å². The second-order valence-electron chi connectivity index (χ2n) is 5.57. The summed E-state index contributed by atoms with van der Waals surface area (Å²) in [7, 11) is 0. The molecule has 0 saturated heterocycles. The van der Waals surface area contributed by atoms with Gasteiger partial charge >= 0.3 is 0 Å². The first-order valence-corrected chi connectivity index (χ1v) is 9.78. The van der Waals surface area contributed by atoms with Gasteiger partial charge in [-0.15, -0.1) is 5.10 Å². The molecule has 3 heterocycles. The van der Waals surface area contributed by atoms with E-state index in [-0.39, 0.29) is 0 Å². The van der Waals surface area contributed by atoms with Crippen molar-refractivity contribution in [3.05, 3.63) is 70.6 Å². The van der Waals surface area contributed by atoms with E-state index >= 15 is 0 Å². The highest BCUT2D eigenvalue weighted by molar-refractivity contribution is 14.1. The molecular weight excluding hydrogens is 459 g/mol. The normalized spacial score (nSPS) is 11.3. The fourth-order valence-electron chi connectivity index (χ4n) is 2.65. The van der Waals surface area contributed by atoms with Crippen molar-refractivity contribution >= 4 is 38.9 Å². The Morgan fingerprint density at radius 1 is 0.885 bits per heavy atom. The minimum Gasteiger partial charge on any atom is -0.216 e. The van der Waals surface area contributed by atoms with E-state index in [4.69, 9.17) is 4.98 Å². The molecule has 0 radical (unpaired) electrons. The molecule has 0 aliphatic rings. The third-order valence-electron chi connectivity index (χ3n) is 3.89. The van der Waals surface area contributed by atoms with Crippen LogP contribution in [0.1, 0.15) is 0 Å². The van der Waals surface area contributed by atoms with Crippen molar-refractivity contribution in [2.45, 2.75) is 0 Å². The highest BCUT2D eigenvalue weighted by atomic mass is 127. The third-order valence-corrected chi connectivity index (χ3v) is 5.79. The number of aromatic nitrogens is 6. The summed E-state index contributed by atoms with van der Waals surface area (Å²) in [6.07, 6.45) is 1.73. The van der Waals surface area contributed by atoms with Gasteiger partial charge in [-0.05, 0) is 34.7 Å². The van der Waals surface area contributed by atoms with Crippen LogP contribution in [0.2, 0.25) is 0 Å². The summed E-state index contributed by atoms with van der Waals surface area (Å²) in [5.41, 5.74) is 3.69. The van der Waals surface area contributed by atoms with Gasteiger partial charge in [0.15, 0.2) is 5.01 Å². The van der Waals surface area contributed by atoms with Crippen LogP contribution in [0.5, 0.6) is 0 Å². The zero-order valence-electron chi connectivity index (χ0n) is 13.3. The minimum absolute atomic E-state index is 0.737. The topological polar surface area (TPSA) is 60.9 Å². The van der Waals surface area contributed by atoms with E-state index in [9.17, 15) is 0 Å². The largest absolute Gasteiger partial charge is 0.216 e. The summed E-state index contributed by atoms with van der Waals surface area (Å²) >= 11 is 3.80. The zero-order valence-corrected chi connectivity index (χ0v) is 16.3. The third kappa shape index (κ3) is 2.61. The van der Waals surface area contributed by atoms with Crippen molar-refractivity contribution in [3.8, 4) is 27.6 Å². The molecule has 2 aromatic carbocycles. The zero-order chi connectivity index (χ0) is 17.5. The maximum absolute atomic E-state index is 4.75. The van der Waals surface area contributed by atoms with Gasteiger partial charge in [0.25, 0.3) is 0 Å². The Morgan fingerprint density at radius 3 is 2.35 bits per heavy atom. The van der Waals surface area contributed by atoms with Gasteiger partial charge in [-0.3, -0.25) is 0 Å². The molecule has 5 rings (SSSR count). The summed E-state index contributed by atoms with van der Waals surface area (Å²) in [6.45, 7) is 0. The van der Waals surface area contributed by atoms with Crippen LogP contribution < -0.4 is 0 Å². The van der Waals surface area contributed by atoms with Gasteiger partial charge in [0.05, 0.1) is 11.9 Å². The molecule has 26 heavy (non-hydrogen) atoms. The van der Waals surface area contributed by atoms with E-state index in [1.54, 1.807) is 11.0 Å². The maximum Gasteiger partial charge on any atom is 0.214 e. The average Bonchev–Trinajstić information content (AvgIpc) is 3.39. The molecule has 0 bridgehead atoms. The number of halogens is 1. The predicted octanol–water partition coefficient (Wildman–Crippen LogP) is 4.31. The highest BCUT2D eigenvalue weighted by Crippen LogP contribution is 2.30. The number of hydrogen-bond donors (Lipinski definition) is 0. The first kappa shape index (κ1) is 15.6. The van der Waals surface area contributed by atoms with Crippen molar-refractivity contribution in [2.75, 3.05) is 0 Å². The van der Waals surface area contributed by atoms with Crippen molar-refractivity contribution in [2.24, 2.45) is 0 Å². The molecule has 0 amide bonds. The standard InChI is InChI=1S/C18H11IN6S/c19-16-15(12-7-3-1-4-8-12)21-18-24(16)23-17(26-18)14-11-20-25(22-14)13-9-5-2-6-10-13/h1-11H. The minimum atomic E-state index is 0.737. The smallest absolute Gasteiger partial charge is 0.214 e. The summed E-state index contributed by atoms with van der Waals surface area (Å²) in [5.74, 6) is 0. The number of rotatable bonds is 3. The number of para-hydroxylation sites is 1. The number of imidazole rings is 1. The fourth-order valence-corrected chi connectivity index (χ4v) is 4.43. The Morgan fingerprint density at radius 2 is 1.62 bits per heavy atom. The Kier molecular flexibility index (Phi) is 3.79. The summed E-state index contributed by atoms with van der Waals surface area (Å²) in [4.78, 5) is 7.21. The molecule has 8 heteroatoms. The Balaban J connectivity index is 1.54. The van der Waals surface area contributed by atoms with Crippen LogP contribution in [0.3, 0.4) is 0 Å². The molecule has 126 valence electrons. The second kappa shape index (κ2) is 6.29. The Bertz CT molecular complexity index is 1190. The number of benzene rings is 2. The van der Waals surface area contributed by atoms with E-state index in [1.807, 2.05) is 53.0 Å². The first-order valence-electron chi connectivity index (χ1n) is 7.88. The molecule has 6 nitrogen and oxygen atoms in total. The van der Waals surface area contributed by atoms with Crippen molar-refractivity contribution in [1.29, 1.82) is 0 Å². The molecule has 3 aromatic heterocycles. The summed E-state index contributed by atoms with van der Waals surface area (Å²) in [5, 5.41) is 14.4. The average molecular weight is 470 g/mol. The summed E-state index contributed by atoms with van der Waals surface area (Å²) < 4.78 is 2.85. The first-order chi connectivity index (χ1) is 12.8. The van der Waals surface area contributed by atoms with Crippen LogP contribution in [0.25, 0.3) is 32.6 Å². The molecule has 0 N–H and O–H groups in total. The van der Waals surface area contributed by atoms with Crippen molar-refractivity contribution in [3.63, 3.8) is 0 Å². The van der Waals surface area contributed by atoms with Gasteiger partial charge in [0.2, 0.25) is 4.96 Å². The van der Waals surface area contributed by atoms with Crippen LogP contribution >= 0.6 is 33.9 Å². The van der Waals surface area contributed by atoms with Gasteiger partial charge in [-0.25, -0.2) is 4.98 Å². The lowest BCUT2D eigenvalue weighted by atomic mass is 10.2. The van der Waals surface area contributed by atoms with E-state index in [0.29, 0.717) is 0 Å². The number of hydrogen-bond acceptors (Lipinski definition) is 5. The van der Waals surface area contributed by atoms with Crippen LogP contribution in [-0.4, -0.2) is 29.6 Å². The molecular formula is C18H11IN6S. The van der Waals surface area contributed by atoms with Gasteiger partial charge in [-0.2, -0.15) is 19.5 Å². The van der Waals surface area contributed by atoms with E-state index in [2.05, 4.69) is 50.0 Å². The Hall–Kier alpha value is -2.59. The van der Waals surface area contributed by atoms with Gasteiger partial charge in [0, 0.05) is 5.56 Å². The van der Waals surface area contributed by atoms with E-state index in [0.717, 1.165) is 36.3 Å². The monoisotopic (exact) mass is 470 g/mol. The summed E-state index contributed by atoms with van der Waals surface area (Å²) in [6, 6.07) is 20.0. The Labute approximate surface area is 166 Å². The quantitative estimate of drug-likeness (QED) is 0.369. The number of fused-ring (bicyclic) bond motifs is 1. The lowest BCUT2D eigenvalue weighted by Crippen LogP contribution is -1.97. The lowest BCUT2D eigenvalue weighted by molar-refractivity contribution is 0.753. The predicted molar refractivity (Wildman–Crippen MR) is 109 cm³/mol. The van der Waals surface area contributed by atoms with Crippen LogP contribution in [0, 0.1) is 3.70 Å². The molecule has 0 unspecified atom stereocenters. The molecule has 5 aromatic rings. The van der Waals surface area contributed by atoms with Gasteiger partial charge in [0.1, 0.15) is 15.1 Å². The molecule has 0 spiro atoms. The second-order valence-corrected chi connectivity index (χ2v) is 7.55. The van der Waals surface area contributed by atoms with E-state index < -0.39 is 0 Å². The molecule has 0 atom stereocenters. The maximum atomic E-state index is 4.75. The van der Waals surface area contributed by atoms with Crippen molar-refractivity contribution in [1.82, 2.24) is 29.6 Å². The lowest BCUT2D eigenvalue weighted by Gasteiger charge is -1.97. The molecule has 0 aliphatic carbocycles. The van der Waals surface area contributed by atoms with E-state index in [1.165, 1.54) is 11.3 Å². The molecule has 0 saturated carbocycles. The molecule has 0 aliphatic heterocycles. The van der Waals surface area contributed by atoms with Crippen LogP contribution in [0.4, 0.5) is 0 Å². The van der Waals surface area contributed by atoms with Gasteiger partial charge < -0.3 is 0 Å². The SMILES string of the molecule is Ic1c(-c2ccccc2)nc2sc(-c3cnn(-c4ccccc4)n3)nn12. The fraction of sp³-hybridized carbons (Fsp3) is 0. The van der Waals surface area contributed by atoms with Gasteiger partial charge in [-0.1, -0.05) is 59.9 Å². The highest BCUT2D eigenvalue weighted by Gasteiger charge is 2.18. The molecule has 0 fully saturated rings. The van der Waals surface area contributed by atoms with Crippen LogP contribution in [0.15, 0.2) is 66.9 Å².